The van der Waals surface area contributed by atoms with Gasteiger partial charge in [0.25, 0.3) is 5.91 Å². The molecule has 1 N–H and O–H groups in total. The average Bonchev–Trinajstić information content (AvgIpc) is 3.36. The number of hydrogen-bond acceptors (Lipinski definition) is 6. The first-order valence-electron chi connectivity index (χ1n) is 9.28. The number of methoxy groups -OCH3 is 1. The monoisotopic (exact) mass is 400 g/mol. The molecule has 8 heteroatoms. The van der Waals surface area contributed by atoms with Crippen LogP contribution in [0.2, 0.25) is 0 Å². The summed E-state index contributed by atoms with van der Waals surface area (Å²) >= 11 is 1.58. The molecule has 0 fully saturated rings. The van der Waals surface area contributed by atoms with E-state index in [0.717, 1.165) is 16.0 Å². The Morgan fingerprint density at radius 2 is 2.14 bits per heavy atom. The lowest BCUT2D eigenvalue weighted by Gasteiger charge is -2.10. The van der Waals surface area contributed by atoms with E-state index in [0.29, 0.717) is 37.0 Å². The zero-order valence-corrected chi connectivity index (χ0v) is 17.1. The van der Waals surface area contributed by atoms with E-state index in [9.17, 15) is 9.59 Å². The maximum Gasteiger partial charge on any atom is 0.305 e. The van der Waals surface area contributed by atoms with Crippen LogP contribution in [0.1, 0.15) is 49.5 Å². The van der Waals surface area contributed by atoms with Crippen LogP contribution in [0.5, 0.6) is 0 Å². The Labute approximate surface area is 167 Å². The van der Waals surface area contributed by atoms with Crippen molar-refractivity contribution < 1.29 is 14.3 Å². The van der Waals surface area contributed by atoms with Gasteiger partial charge in [0.15, 0.2) is 5.65 Å². The minimum absolute atomic E-state index is 0.137. The molecule has 0 aliphatic rings. The van der Waals surface area contributed by atoms with Gasteiger partial charge in [-0.3, -0.25) is 9.59 Å². The maximum absolute atomic E-state index is 12.8. The van der Waals surface area contributed by atoms with Gasteiger partial charge < -0.3 is 10.1 Å². The van der Waals surface area contributed by atoms with Gasteiger partial charge in [-0.05, 0) is 44.2 Å². The molecule has 3 heterocycles. The summed E-state index contributed by atoms with van der Waals surface area (Å²) in [5, 5.41) is 10.1. The first-order chi connectivity index (χ1) is 13.5. The summed E-state index contributed by atoms with van der Waals surface area (Å²) in [6.45, 7) is 4.56. The quantitative estimate of drug-likeness (QED) is 0.459. The normalized spacial score (nSPS) is 11.1. The molecule has 0 aliphatic carbocycles. The standard InChI is InChI=1S/C20H24N4O3S/c1-13(2)24-19-15(12-22-24)14(11-16(23-19)17-7-6-10-28-17)20(26)21-9-5-4-8-18(25)27-3/h6-7,10-13H,4-5,8-9H2,1-3H3,(H,21,26). The van der Waals surface area contributed by atoms with E-state index in [1.807, 2.05) is 42.1 Å². The van der Waals surface area contributed by atoms with E-state index in [-0.39, 0.29) is 17.9 Å². The molecule has 0 atom stereocenters. The molecule has 0 aliphatic heterocycles. The van der Waals surface area contributed by atoms with Crippen molar-refractivity contribution >= 4 is 34.2 Å². The van der Waals surface area contributed by atoms with E-state index in [4.69, 9.17) is 4.98 Å². The summed E-state index contributed by atoms with van der Waals surface area (Å²) in [6.07, 6.45) is 3.44. The van der Waals surface area contributed by atoms with Crippen LogP contribution in [0.4, 0.5) is 0 Å². The Balaban J connectivity index is 1.83. The van der Waals surface area contributed by atoms with E-state index in [2.05, 4.69) is 15.2 Å². The molecule has 1 amide bonds. The molecule has 28 heavy (non-hydrogen) atoms. The smallest absolute Gasteiger partial charge is 0.305 e. The van der Waals surface area contributed by atoms with Crippen LogP contribution in [0.15, 0.2) is 29.8 Å². The van der Waals surface area contributed by atoms with Gasteiger partial charge in [0.2, 0.25) is 0 Å². The zero-order chi connectivity index (χ0) is 20.1. The second kappa shape index (κ2) is 8.97. The minimum atomic E-state index is -0.233. The predicted molar refractivity (Wildman–Crippen MR) is 109 cm³/mol. The second-order valence-corrected chi connectivity index (χ2v) is 7.69. The van der Waals surface area contributed by atoms with E-state index in [1.165, 1.54) is 7.11 Å². The summed E-state index contributed by atoms with van der Waals surface area (Å²) in [6, 6.07) is 5.92. The van der Waals surface area contributed by atoms with Crippen molar-refractivity contribution in [2.75, 3.05) is 13.7 Å². The number of unbranched alkanes of at least 4 members (excludes halogenated alkanes) is 1. The molecular weight excluding hydrogens is 376 g/mol. The molecule has 0 unspecified atom stereocenters. The molecule has 0 spiro atoms. The molecule has 3 aromatic rings. The summed E-state index contributed by atoms with van der Waals surface area (Å²) in [4.78, 5) is 29.8. The number of hydrogen-bond donors (Lipinski definition) is 1. The van der Waals surface area contributed by atoms with Gasteiger partial charge in [0.05, 0.1) is 34.8 Å². The molecule has 3 rings (SSSR count). The Bertz CT molecular complexity index is 963. The fourth-order valence-corrected chi connectivity index (χ4v) is 3.61. The van der Waals surface area contributed by atoms with Crippen molar-refractivity contribution in [2.24, 2.45) is 0 Å². The van der Waals surface area contributed by atoms with Crippen LogP contribution in [0.25, 0.3) is 21.6 Å². The number of ether oxygens (including phenoxy) is 1. The molecule has 0 bridgehead atoms. The third kappa shape index (κ3) is 4.39. The van der Waals surface area contributed by atoms with Crippen molar-refractivity contribution in [3.63, 3.8) is 0 Å². The van der Waals surface area contributed by atoms with Crippen LogP contribution < -0.4 is 5.32 Å². The summed E-state index contributed by atoms with van der Waals surface area (Å²) in [5.41, 5.74) is 2.03. The summed E-state index contributed by atoms with van der Waals surface area (Å²) < 4.78 is 6.46. The van der Waals surface area contributed by atoms with Crippen molar-refractivity contribution in [3.8, 4) is 10.6 Å². The first-order valence-corrected chi connectivity index (χ1v) is 10.2. The third-order valence-electron chi connectivity index (χ3n) is 4.40. The highest BCUT2D eigenvalue weighted by Crippen LogP contribution is 2.28. The van der Waals surface area contributed by atoms with Crippen LogP contribution in [-0.4, -0.2) is 40.3 Å². The number of fused-ring (bicyclic) bond motifs is 1. The highest BCUT2D eigenvalue weighted by molar-refractivity contribution is 7.13. The number of carbonyl (C=O) groups is 2. The van der Waals surface area contributed by atoms with Crippen LogP contribution in [0.3, 0.4) is 0 Å². The van der Waals surface area contributed by atoms with Crippen molar-refractivity contribution in [1.82, 2.24) is 20.1 Å². The molecule has 7 nitrogen and oxygen atoms in total. The number of aromatic nitrogens is 3. The van der Waals surface area contributed by atoms with Crippen LogP contribution in [0, 0.1) is 0 Å². The SMILES string of the molecule is COC(=O)CCCCNC(=O)c1cc(-c2cccs2)nc2c1cnn2C(C)C. The van der Waals surface area contributed by atoms with Crippen molar-refractivity contribution in [3.05, 3.63) is 35.3 Å². The van der Waals surface area contributed by atoms with Gasteiger partial charge in [-0.1, -0.05) is 6.07 Å². The largest absolute Gasteiger partial charge is 0.469 e. The number of thiophene rings is 1. The number of carbonyl (C=O) groups excluding carboxylic acids is 2. The van der Waals surface area contributed by atoms with E-state index < -0.39 is 0 Å². The lowest BCUT2D eigenvalue weighted by Crippen LogP contribution is -2.25. The number of esters is 1. The Morgan fingerprint density at radius 1 is 1.32 bits per heavy atom. The van der Waals surface area contributed by atoms with Gasteiger partial charge in [-0.15, -0.1) is 11.3 Å². The van der Waals surface area contributed by atoms with E-state index in [1.54, 1.807) is 17.5 Å². The predicted octanol–water partition coefficient (Wildman–Crippen LogP) is 3.81. The summed E-state index contributed by atoms with van der Waals surface area (Å²) in [7, 11) is 1.38. The fourth-order valence-electron chi connectivity index (χ4n) is 2.93. The highest BCUT2D eigenvalue weighted by atomic mass is 32.1. The number of rotatable bonds is 8. The zero-order valence-electron chi connectivity index (χ0n) is 16.3. The Kier molecular flexibility index (Phi) is 6.41. The topological polar surface area (TPSA) is 86.1 Å². The molecule has 0 saturated heterocycles. The maximum atomic E-state index is 12.8. The molecule has 148 valence electrons. The molecule has 0 saturated carbocycles. The van der Waals surface area contributed by atoms with Gasteiger partial charge in [0.1, 0.15) is 0 Å². The molecule has 0 aromatic carbocycles. The van der Waals surface area contributed by atoms with Crippen molar-refractivity contribution in [2.45, 2.75) is 39.2 Å². The first kappa shape index (κ1) is 20.0. The van der Waals surface area contributed by atoms with Gasteiger partial charge in [-0.25, -0.2) is 9.67 Å². The molecular formula is C20H24N4O3S. The van der Waals surface area contributed by atoms with Crippen LogP contribution in [-0.2, 0) is 9.53 Å². The average molecular weight is 401 g/mol. The Hall–Kier alpha value is -2.74. The number of nitrogens with one attached hydrogen (secondary N) is 1. The molecule has 0 radical (unpaired) electrons. The number of pyridine rings is 1. The lowest BCUT2D eigenvalue weighted by atomic mass is 10.1. The Morgan fingerprint density at radius 3 is 2.82 bits per heavy atom. The lowest BCUT2D eigenvalue weighted by molar-refractivity contribution is -0.140. The van der Waals surface area contributed by atoms with Gasteiger partial charge >= 0.3 is 5.97 Å². The highest BCUT2D eigenvalue weighted by Gasteiger charge is 2.18. The van der Waals surface area contributed by atoms with Gasteiger partial charge in [-0.2, -0.15) is 5.10 Å². The van der Waals surface area contributed by atoms with Crippen LogP contribution >= 0.6 is 11.3 Å². The number of amides is 1. The van der Waals surface area contributed by atoms with Crippen molar-refractivity contribution in [1.29, 1.82) is 0 Å². The third-order valence-corrected chi connectivity index (χ3v) is 5.29. The fraction of sp³-hybridized carbons (Fsp3) is 0.400. The summed E-state index contributed by atoms with van der Waals surface area (Å²) in [5.74, 6) is -0.393. The second-order valence-electron chi connectivity index (χ2n) is 6.74. The van der Waals surface area contributed by atoms with Gasteiger partial charge in [0, 0.05) is 19.0 Å². The van der Waals surface area contributed by atoms with E-state index >= 15 is 0 Å². The molecule has 3 aromatic heterocycles. The minimum Gasteiger partial charge on any atom is -0.469 e. The number of nitrogens with zero attached hydrogens (tertiary/aromatic N) is 3.